The fraction of sp³-hybridized carbons (Fsp3) is 0.400. The minimum Gasteiger partial charge on any atom is -0.494 e. The third-order valence-electron chi connectivity index (χ3n) is 6.31. The van der Waals surface area contributed by atoms with Crippen molar-refractivity contribution in [3.8, 4) is 5.75 Å². The maximum atomic E-state index is 13.4. The van der Waals surface area contributed by atoms with Gasteiger partial charge in [0.05, 0.1) is 17.2 Å². The third-order valence-corrected chi connectivity index (χ3v) is 6.75. The Hall–Kier alpha value is -2.54. The van der Waals surface area contributed by atoms with Crippen LogP contribution in [0.5, 0.6) is 5.75 Å². The van der Waals surface area contributed by atoms with Crippen molar-refractivity contribution in [1.29, 1.82) is 0 Å². The first-order valence-corrected chi connectivity index (χ1v) is 13.2. The molecule has 0 fully saturated rings. The number of alkyl halides is 3. The Morgan fingerprint density at radius 2 is 1.76 bits per heavy atom. The van der Waals surface area contributed by atoms with Gasteiger partial charge in [-0.05, 0) is 66.7 Å². The van der Waals surface area contributed by atoms with Crippen LogP contribution in [0.15, 0.2) is 72.8 Å². The lowest BCUT2D eigenvalue weighted by atomic mass is 10.00. The predicted octanol–water partition coefficient (Wildman–Crippen LogP) is 7.59. The van der Waals surface area contributed by atoms with Crippen LogP contribution in [0.25, 0.3) is 0 Å². The highest BCUT2D eigenvalue weighted by atomic mass is 35.5. The van der Waals surface area contributed by atoms with Gasteiger partial charge in [0.2, 0.25) is 0 Å². The van der Waals surface area contributed by atoms with E-state index in [1.54, 1.807) is 6.07 Å². The smallest absolute Gasteiger partial charge is 0.417 e. The SMILES string of the molecule is CCNCCc1cccc(OCCCN(Cc2cccc(C(F)(F)F)c2Cl)C[C@@H](C)c2ccccc2)c1. The number of hydrogen-bond acceptors (Lipinski definition) is 3. The molecule has 0 aliphatic heterocycles. The summed E-state index contributed by atoms with van der Waals surface area (Å²) in [5.74, 6) is 1.04. The van der Waals surface area contributed by atoms with E-state index in [1.807, 2.05) is 30.3 Å². The number of likely N-dealkylation sites (N-methyl/N-ethyl adjacent to an activating group) is 1. The highest BCUT2D eigenvalue weighted by molar-refractivity contribution is 6.32. The molecule has 0 saturated heterocycles. The fourth-order valence-electron chi connectivity index (χ4n) is 4.35. The molecule has 0 radical (unpaired) electrons. The zero-order chi connectivity index (χ0) is 26.7. The topological polar surface area (TPSA) is 24.5 Å². The van der Waals surface area contributed by atoms with E-state index in [1.165, 1.54) is 17.2 Å². The molecule has 0 aliphatic carbocycles. The summed E-state index contributed by atoms with van der Waals surface area (Å²) in [5, 5.41) is 3.10. The first kappa shape index (κ1) is 29.0. The monoisotopic (exact) mass is 532 g/mol. The van der Waals surface area contributed by atoms with E-state index in [2.05, 4.69) is 48.3 Å². The van der Waals surface area contributed by atoms with E-state index >= 15 is 0 Å². The van der Waals surface area contributed by atoms with E-state index in [-0.39, 0.29) is 10.9 Å². The van der Waals surface area contributed by atoms with Crippen LogP contribution in [-0.2, 0) is 19.1 Å². The van der Waals surface area contributed by atoms with Crippen LogP contribution in [-0.4, -0.2) is 37.7 Å². The van der Waals surface area contributed by atoms with Crippen LogP contribution in [0.1, 0.15) is 48.4 Å². The lowest BCUT2D eigenvalue weighted by molar-refractivity contribution is -0.137. The summed E-state index contributed by atoms with van der Waals surface area (Å²) in [6, 6.07) is 22.4. The molecule has 0 unspecified atom stereocenters. The van der Waals surface area contributed by atoms with Crippen molar-refractivity contribution >= 4 is 11.6 Å². The van der Waals surface area contributed by atoms with Crippen molar-refractivity contribution < 1.29 is 17.9 Å². The van der Waals surface area contributed by atoms with E-state index in [0.29, 0.717) is 31.8 Å². The van der Waals surface area contributed by atoms with Gasteiger partial charge in [-0.1, -0.05) is 80.0 Å². The van der Waals surface area contributed by atoms with Gasteiger partial charge in [-0.2, -0.15) is 13.2 Å². The molecular weight excluding hydrogens is 497 g/mol. The zero-order valence-corrected chi connectivity index (χ0v) is 22.3. The minimum atomic E-state index is -4.48. The quantitative estimate of drug-likeness (QED) is 0.216. The normalized spacial score (nSPS) is 12.6. The molecule has 3 nitrogen and oxygen atoms in total. The first-order chi connectivity index (χ1) is 17.8. The molecular formula is C30H36ClF3N2O. The molecule has 200 valence electrons. The molecule has 3 aromatic rings. The van der Waals surface area contributed by atoms with Gasteiger partial charge >= 0.3 is 6.18 Å². The minimum absolute atomic E-state index is 0.208. The molecule has 1 N–H and O–H groups in total. The Balaban J connectivity index is 1.64. The van der Waals surface area contributed by atoms with Crippen LogP contribution in [0.4, 0.5) is 13.2 Å². The van der Waals surface area contributed by atoms with Crippen molar-refractivity contribution in [2.24, 2.45) is 0 Å². The van der Waals surface area contributed by atoms with E-state index in [0.717, 1.165) is 37.7 Å². The molecule has 0 saturated carbocycles. The van der Waals surface area contributed by atoms with Gasteiger partial charge < -0.3 is 10.1 Å². The Morgan fingerprint density at radius 1 is 1.00 bits per heavy atom. The summed E-state index contributed by atoms with van der Waals surface area (Å²) in [4.78, 5) is 2.16. The van der Waals surface area contributed by atoms with Gasteiger partial charge in [0.15, 0.2) is 0 Å². The van der Waals surface area contributed by atoms with Crippen LogP contribution < -0.4 is 10.1 Å². The summed E-state index contributed by atoms with van der Waals surface area (Å²) in [6.45, 7) is 8.30. The second kappa shape index (κ2) is 14.4. The third kappa shape index (κ3) is 9.37. The van der Waals surface area contributed by atoms with Crippen LogP contribution in [0, 0.1) is 0 Å². The first-order valence-electron chi connectivity index (χ1n) is 12.8. The number of nitrogens with one attached hydrogen (secondary N) is 1. The van der Waals surface area contributed by atoms with Crippen molar-refractivity contribution in [2.75, 3.05) is 32.8 Å². The lowest BCUT2D eigenvalue weighted by Crippen LogP contribution is -2.30. The molecule has 0 aromatic heterocycles. The zero-order valence-electron chi connectivity index (χ0n) is 21.5. The van der Waals surface area contributed by atoms with Crippen LogP contribution in [0.2, 0.25) is 5.02 Å². The van der Waals surface area contributed by atoms with Crippen molar-refractivity contribution in [3.63, 3.8) is 0 Å². The maximum absolute atomic E-state index is 13.4. The number of ether oxygens (including phenoxy) is 1. The Bertz CT molecular complexity index is 1090. The van der Waals surface area contributed by atoms with Crippen molar-refractivity contribution in [2.45, 2.75) is 45.3 Å². The molecule has 0 bridgehead atoms. The van der Waals surface area contributed by atoms with Gasteiger partial charge in [-0.3, -0.25) is 4.90 Å². The molecule has 7 heteroatoms. The standard InChI is InChI=1S/C30H36ClF3N2O/c1-3-35-17-16-24-10-7-14-27(20-24)37-19-9-18-36(21-23(2)25-11-5-4-6-12-25)22-26-13-8-15-28(29(26)31)30(32,33)34/h4-8,10-15,20,23,35H,3,9,16-19,21-22H2,1-2H3/t23-/m1/s1. The molecule has 0 heterocycles. The summed E-state index contributed by atoms with van der Waals surface area (Å²) < 4.78 is 46.2. The summed E-state index contributed by atoms with van der Waals surface area (Å²) in [5.41, 5.74) is 2.09. The number of hydrogen-bond donors (Lipinski definition) is 1. The second-order valence-corrected chi connectivity index (χ2v) is 9.65. The molecule has 1 atom stereocenters. The molecule has 3 rings (SSSR count). The number of nitrogens with zero attached hydrogens (tertiary/aromatic N) is 1. The Kier molecular flexibility index (Phi) is 11.3. The van der Waals surface area contributed by atoms with Gasteiger partial charge in [-0.15, -0.1) is 0 Å². The summed E-state index contributed by atoms with van der Waals surface area (Å²) in [6.07, 6.45) is -2.81. The largest absolute Gasteiger partial charge is 0.494 e. The molecule has 0 amide bonds. The van der Waals surface area contributed by atoms with Crippen molar-refractivity contribution in [3.05, 3.63) is 100 Å². The maximum Gasteiger partial charge on any atom is 0.417 e. The molecule has 3 aromatic carbocycles. The lowest BCUT2D eigenvalue weighted by Gasteiger charge is -2.27. The predicted molar refractivity (Wildman–Crippen MR) is 145 cm³/mol. The van der Waals surface area contributed by atoms with E-state index in [9.17, 15) is 13.2 Å². The highest BCUT2D eigenvalue weighted by Gasteiger charge is 2.34. The average molecular weight is 533 g/mol. The van der Waals surface area contributed by atoms with Gasteiger partial charge in [-0.25, -0.2) is 0 Å². The van der Waals surface area contributed by atoms with Gasteiger partial charge in [0.1, 0.15) is 5.75 Å². The summed E-state index contributed by atoms with van der Waals surface area (Å²) >= 11 is 6.22. The highest BCUT2D eigenvalue weighted by Crippen LogP contribution is 2.36. The number of halogens is 4. The summed E-state index contributed by atoms with van der Waals surface area (Å²) in [7, 11) is 0. The van der Waals surface area contributed by atoms with Crippen LogP contribution in [0.3, 0.4) is 0 Å². The average Bonchev–Trinajstić information content (AvgIpc) is 2.88. The van der Waals surface area contributed by atoms with E-state index < -0.39 is 11.7 Å². The molecule has 37 heavy (non-hydrogen) atoms. The van der Waals surface area contributed by atoms with Gasteiger partial charge in [0, 0.05) is 19.6 Å². The van der Waals surface area contributed by atoms with Crippen molar-refractivity contribution in [1.82, 2.24) is 10.2 Å². The number of benzene rings is 3. The second-order valence-electron chi connectivity index (χ2n) is 9.28. The Morgan fingerprint density at radius 3 is 2.49 bits per heavy atom. The molecule has 0 spiro atoms. The Labute approximate surface area is 223 Å². The molecule has 0 aliphatic rings. The van der Waals surface area contributed by atoms with Crippen LogP contribution >= 0.6 is 11.6 Å². The fourth-order valence-corrected chi connectivity index (χ4v) is 4.64. The van der Waals surface area contributed by atoms with E-state index in [4.69, 9.17) is 16.3 Å². The van der Waals surface area contributed by atoms with Gasteiger partial charge in [0.25, 0.3) is 0 Å². The number of rotatable bonds is 14.